The van der Waals surface area contributed by atoms with Crippen molar-refractivity contribution in [3.63, 3.8) is 0 Å². The highest BCUT2D eigenvalue weighted by Gasteiger charge is 2.19. The molecule has 0 aliphatic heterocycles. The van der Waals surface area contributed by atoms with Gasteiger partial charge in [-0.2, -0.15) is 0 Å². The number of nitrogens with one attached hydrogen (secondary N) is 1. The zero-order chi connectivity index (χ0) is 19.4. The average molecular weight is 384 g/mol. The molecule has 6 heteroatoms. The van der Waals surface area contributed by atoms with E-state index in [0.29, 0.717) is 5.75 Å². The molecule has 142 valence electrons. The third kappa shape index (κ3) is 4.45. The van der Waals surface area contributed by atoms with E-state index in [1.54, 1.807) is 7.11 Å². The van der Waals surface area contributed by atoms with E-state index in [4.69, 9.17) is 9.72 Å². The van der Waals surface area contributed by atoms with Crippen LogP contribution in [0, 0.1) is 0 Å². The molecule has 0 bridgehead atoms. The lowest BCUT2D eigenvalue weighted by Crippen LogP contribution is -2.43. The maximum Gasteiger partial charge on any atom is 0.230 e. The number of fused-ring (bicyclic) bond motifs is 1. The topological polar surface area (TPSA) is 56.2 Å². The molecule has 1 N–H and O–H groups in total. The first kappa shape index (κ1) is 19.3. The predicted molar refractivity (Wildman–Crippen MR) is 111 cm³/mol. The Labute approximate surface area is 164 Å². The standard InChI is InChI=1S/C21H25N3O2S/c1-5-21(2,3)23-19(25)14-27-20-22-17-8-6-7-9-18(17)24(20)15-10-12-16(26-4)13-11-15/h6-13H,5,14H2,1-4H3,(H,23,25). The van der Waals surface area contributed by atoms with Crippen molar-refractivity contribution in [1.29, 1.82) is 0 Å². The smallest absolute Gasteiger partial charge is 0.230 e. The van der Waals surface area contributed by atoms with Crippen LogP contribution in [0.5, 0.6) is 5.75 Å². The summed E-state index contributed by atoms with van der Waals surface area (Å²) in [6.07, 6.45) is 0.883. The Morgan fingerprint density at radius 1 is 1.19 bits per heavy atom. The minimum atomic E-state index is -0.201. The summed E-state index contributed by atoms with van der Waals surface area (Å²) in [4.78, 5) is 17.1. The Bertz CT molecular complexity index is 932. The molecule has 0 aliphatic rings. The summed E-state index contributed by atoms with van der Waals surface area (Å²) in [5, 5.41) is 3.87. The normalized spacial score (nSPS) is 11.6. The van der Waals surface area contributed by atoms with Crippen LogP contribution in [0.2, 0.25) is 0 Å². The monoisotopic (exact) mass is 383 g/mol. The lowest BCUT2D eigenvalue weighted by Gasteiger charge is -2.24. The van der Waals surface area contributed by atoms with Crippen molar-refractivity contribution >= 4 is 28.7 Å². The number of nitrogens with zero attached hydrogens (tertiary/aromatic N) is 2. The molecular weight excluding hydrogens is 358 g/mol. The third-order valence-corrected chi connectivity index (χ3v) is 5.49. The Balaban J connectivity index is 1.89. The van der Waals surface area contributed by atoms with Crippen LogP contribution < -0.4 is 10.1 Å². The van der Waals surface area contributed by atoms with Gasteiger partial charge in [0.2, 0.25) is 5.91 Å². The highest BCUT2D eigenvalue weighted by atomic mass is 32.2. The molecule has 0 saturated heterocycles. The SMILES string of the molecule is CCC(C)(C)NC(=O)CSc1nc2ccccc2n1-c1ccc(OC)cc1. The molecule has 5 nitrogen and oxygen atoms in total. The molecule has 0 aliphatic carbocycles. The van der Waals surface area contributed by atoms with Gasteiger partial charge in [0.15, 0.2) is 5.16 Å². The van der Waals surface area contributed by atoms with Gasteiger partial charge in [0.05, 0.1) is 23.9 Å². The number of thioether (sulfide) groups is 1. The van der Waals surface area contributed by atoms with E-state index in [2.05, 4.69) is 16.8 Å². The number of hydrogen-bond acceptors (Lipinski definition) is 4. The molecule has 1 aromatic heterocycles. The van der Waals surface area contributed by atoms with Crippen LogP contribution in [0.1, 0.15) is 27.2 Å². The van der Waals surface area contributed by atoms with Crippen molar-refractivity contribution in [1.82, 2.24) is 14.9 Å². The van der Waals surface area contributed by atoms with E-state index in [0.717, 1.165) is 34.0 Å². The van der Waals surface area contributed by atoms with E-state index >= 15 is 0 Å². The Hall–Kier alpha value is -2.47. The van der Waals surface area contributed by atoms with Crippen molar-refractivity contribution in [3.05, 3.63) is 48.5 Å². The van der Waals surface area contributed by atoms with Gasteiger partial charge in [-0.3, -0.25) is 9.36 Å². The van der Waals surface area contributed by atoms with Crippen molar-refractivity contribution in [2.24, 2.45) is 0 Å². The second kappa shape index (κ2) is 8.05. The summed E-state index contributed by atoms with van der Waals surface area (Å²) in [6, 6.07) is 15.8. The third-order valence-electron chi connectivity index (χ3n) is 4.55. The van der Waals surface area contributed by atoms with Gasteiger partial charge < -0.3 is 10.1 Å². The molecule has 0 radical (unpaired) electrons. The van der Waals surface area contributed by atoms with Gasteiger partial charge in [-0.05, 0) is 56.7 Å². The molecule has 2 aromatic carbocycles. The van der Waals surface area contributed by atoms with E-state index in [1.807, 2.05) is 62.4 Å². The van der Waals surface area contributed by atoms with Crippen LogP contribution in [0.15, 0.2) is 53.7 Å². The highest BCUT2D eigenvalue weighted by Crippen LogP contribution is 2.29. The number of benzene rings is 2. The maximum absolute atomic E-state index is 12.4. The number of rotatable bonds is 7. The molecule has 0 unspecified atom stereocenters. The van der Waals surface area contributed by atoms with Gasteiger partial charge in [-0.15, -0.1) is 0 Å². The molecular formula is C21H25N3O2S. The van der Waals surface area contributed by atoms with E-state index in [1.165, 1.54) is 11.8 Å². The van der Waals surface area contributed by atoms with Gasteiger partial charge in [-0.1, -0.05) is 30.8 Å². The summed E-state index contributed by atoms with van der Waals surface area (Å²) < 4.78 is 7.34. The van der Waals surface area contributed by atoms with Gasteiger partial charge in [0.1, 0.15) is 5.75 Å². The fourth-order valence-corrected chi connectivity index (χ4v) is 3.54. The number of methoxy groups -OCH3 is 1. The Kier molecular flexibility index (Phi) is 5.75. The van der Waals surface area contributed by atoms with Gasteiger partial charge in [0, 0.05) is 11.2 Å². The summed E-state index contributed by atoms with van der Waals surface area (Å²) >= 11 is 1.45. The summed E-state index contributed by atoms with van der Waals surface area (Å²) in [7, 11) is 1.65. The summed E-state index contributed by atoms with van der Waals surface area (Å²) in [6.45, 7) is 6.13. The first-order valence-corrected chi connectivity index (χ1v) is 9.98. The minimum Gasteiger partial charge on any atom is -0.497 e. The number of imidazole rings is 1. The number of para-hydroxylation sites is 2. The van der Waals surface area contributed by atoms with Crippen LogP contribution in [-0.4, -0.2) is 33.9 Å². The molecule has 0 fully saturated rings. The van der Waals surface area contributed by atoms with Crippen LogP contribution >= 0.6 is 11.8 Å². The van der Waals surface area contributed by atoms with Crippen molar-refractivity contribution in [3.8, 4) is 11.4 Å². The maximum atomic E-state index is 12.4. The fraction of sp³-hybridized carbons (Fsp3) is 0.333. The van der Waals surface area contributed by atoms with Gasteiger partial charge >= 0.3 is 0 Å². The quantitative estimate of drug-likeness (QED) is 0.613. The van der Waals surface area contributed by atoms with Crippen LogP contribution in [0.25, 0.3) is 16.7 Å². The summed E-state index contributed by atoms with van der Waals surface area (Å²) in [5.74, 6) is 1.14. The van der Waals surface area contributed by atoms with Crippen molar-refractivity contribution < 1.29 is 9.53 Å². The van der Waals surface area contributed by atoms with E-state index in [9.17, 15) is 4.79 Å². The number of amides is 1. The first-order valence-electron chi connectivity index (χ1n) is 8.99. The summed E-state index contributed by atoms with van der Waals surface area (Å²) in [5.41, 5.74) is 2.71. The predicted octanol–water partition coefficient (Wildman–Crippen LogP) is 4.43. The second-order valence-corrected chi connectivity index (χ2v) is 7.93. The first-order chi connectivity index (χ1) is 12.9. The fourth-order valence-electron chi connectivity index (χ4n) is 2.71. The number of hydrogen-bond donors (Lipinski definition) is 1. The zero-order valence-electron chi connectivity index (χ0n) is 16.2. The van der Waals surface area contributed by atoms with Gasteiger partial charge in [0.25, 0.3) is 0 Å². The van der Waals surface area contributed by atoms with Crippen LogP contribution in [0.3, 0.4) is 0 Å². The number of carbonyl (C=O) groups excluding carboxylic acids is 1. The lowest BCUT2D eigenvalue weighted by atomic mass is 10.0. The Morgan fingerprint density at radius 2 is 1.89 bits per heavy atom. The number of ether oxygens (including phenoxy) is 1. The lowest BCUT2D eigenvalue weighted by molar-refractivity contribution is -0.120. The molecule has 3 aromatic rings. The molecule has 27 heavy (non-hydrogen) atoms. The molecule has 1 heterocycles. The van der Waals surface area contributed by atoms with Gasteiger partial charge in [-0.25, -0.2) is 4.98 Å². The minimum absolute atomic E-state index is 0.0141. The van der Waals surface area contributed by atoms with Crippen LogP contribution in [0.4, 0.5) is 0 Å². The highest BCUT2D eigenvalue weighted by molar-refractivity contribution is 7.99. The number of carbonyl (C=O) groups is 1. The largest absolute Gasteiger partial charge is 0.497 e. The second-order valence-electron chi connectivity index (χ2n) is 6.99. The average Bonchev–Trinajstić information content (AvgIpc) is 3.04. The van der Waals surface area contributed by atoms with Crippen LogP contribution in [-0.2, 0) is 4.79 Å². The molecule has 1 amide bonds. The molecule has 0 saturated carbocycles. The van der Waals surface area contributed by atoms with E-state index < -0.39 is 0 Å². The Morgan fingerprint density at radius 3 is 2.56 bits per heavy atom. The van der Waals surface area contributed by atoms with Crippen molar-refractivity contribution in [2.45, 2.75) is 37.9 Å². The van der Waals surface area contributed by atoms with Crippen molar-refractivity contribution in [2.75, 3.05) is 12.9 Å². The molecule has 0 atom stereocenters. The molecule has 0 spiro atoms. The zero-order valence-corrected chi connectivity index (χ0v) is 17.0. The molecule has 3 rings (SSSR count). The van der Waals surface area contributed by atoms with E-state index in [-0.39, 0.29) is 11.4 Å². The number of aromatic nitrogens is 2.